The Morgan fingerprint density at radius 2 is 1.53 bits per heavy atom. The number of Topliss-reactive ketones (excluding diaryl/α,β-unsaturated/α-hetero) is 2. The Morgan fingerprint density at radius 1 is 1.07 bits per heavy atom. The van der Waals surface area contributed by atoms with Gasteiger partial charge in [-0.1, -0.05) is 30.3 Å². The molecule has 0 aliphatic rings. The molecule has 2 N–H and O–H groups in total. The summed E-state index contributed by atoms with van der Waals surface area (Å²) in [7, 11) is 0. The molecule has 0 radical (unpaired) electrons. The van der Waals surface area contributed by atoms with E-state index >= 15 is 0 Å². The predicted octanol–water partition coefficient (Wildman–Crippen LogP) is 1.48. The number of nitrogens with two attached hydrogens (primary N) is 1. The molecule has 1 atom stereocenters. The standard InChI is InChI=1S/C12H15NO2/c1-8(14)11(9(2)15)12(13)10-6-4-3-5-7-10/h3-7,11-12H,13H2,1-2H3. The van der Waals surface area contributed by atoms with E-state index in [9.17, 15) is 9.59 Å². The van der Waals surface area contributed by atoms with Crippen molar-refractivity contribution in [3.63, 3.8) is 0 Å². The second-order valence-electron chi connectivity index (χ2n) is 3.64. The molecular weight excluding hydrogens is 190 g/mol. The van der Waals surface area contributed by atoms with E-state index < -0.39 is 12.0 Å². The largest absolute Gasteiger partial charge is 0.323 e. The molecule has 1 aromatic carbocycles. The number of carbonyl (C=O) groups excluding carboxylic acids is 2. The minimum atomic E-state index is -0.729. The molecule has 0 aliphatic carbocycles. The van der Waals surface area contributed by atoms with E-state index in [0.717, 1.165) is 5.56 Å². The van der Waals surface area contributed by atoms with Crippen LogP contribution in [0.3, 0.4) is 0 Å². The zero-order chi connectivity index (χ0) is 11.4. The number of hydrogen-bond acceptors (Lipinski definition) is 3. The molecule has 0 bridgehead atoms. The second kappa shape index (κ2) is 4.84. The van der Waals surface area contributed by atoms with E-state index in [1.54, 1.807) is 0 Å². The van der Waals surface area contributed by atoms with Crippen LogP contribution in [0.4, 0.5) is 0 Å². The van der Waals surface area contributed by atoms with Crippen molar-refractivity contribution < 1.29 is 9.59 Å². The first kappa shape index (κ1) is 11.6. The highest BCUT2D eigenvalue weighted by Gasteiger charge is 2.27. The molecule has 1 unspecified atom stereocenters. The molecule has 15 heavy (non-hydrogen) atoms. The fourth-order valence-electron chi connectivity index (χ4n) is 1.66. The van der Waals surface area contributed by atoms with E-state index in [2.05, 4.69) is 0 Å². The maximum absolute atomic E-state index is 11.3. The van der Waals surface area contributed by atoms with Gasteiger partial charge in [0.15, 0.2) is 0 Å². The fourth-order valence-corrected chi connectivity index (χ4v) is 1.66. The molecule has 80 valence electrons. The van der Waals surface area contributed by atoms with Crippen LogP contribution in [-0.4, -0.2) is 11.6 Å². The Balaban J connectivity index is 2.96. The molecule has 3 heteroatoms. The van der Waals surface area contributed by atoms with Crippen LogP contribution in [0.1, 0.15) is 25.5 Å². The summed E-state index contributed by atoms with van der Waals surface area (Å²) in [5, 5.41) is 0. The van der Waals surface area contributed by atoms with Crippen LogP contribution < -0.4 is 5.73 Å². The first-order valence-electron chi connectivity index (χ1n) is 4.85. The zero-order valence-corrected chi connectivity index (χ0v) is 8.94. The summed E-state index contributed by atoms with van der Waals surface area (Å²) in [4.78, 5) is 22.6. The number of ketones is 2. The van der Waals surface area contributed by atoms with Crippen molar-refractivity contribution in [2.45, 2.75) is 19.9 Å². The van der Waals surface area contributed by atoms with Crippen molar-refractivity contribution in [1.29, 1.82) is 0 Å². The number of benzene rings is 1. The van der Waals surface area contributed by atoms with Crippen LogP contribution in [0.15, 0.2) is 30.3 Å². The van der Waals surface area contributed by atoms with E-state index in [-0.39, 0.29) is 11.6 Å². The summed E-state index contributed by atoms with van der Waals surface area (Å²) in [6.45, 7) is 2.80. The summed E-state index contributed by atoms with van der Waals surface area (Å²) >= 11 is 0. The van der Waals surface area contributed by atoms with Crippen LogP contribution in [0.5, 0.6) is 0 Å². The van der Waals surface area contributed by atoms with Crippen LogP contribution in [0, 0.1) is 5.92 Å². The van der Waals surface area contributed by atoms with Gasteiger partial charge in [0.05, 0.1) is 5.92 Å². The highest BCUT2D eigenvalue weighted by molar-refractivity contribution is 6.01. The molecular formula is C12H15NO2. The average molecular weight is 205 g/mol. The Labute approximate surface area is 89.3 Å². The minimum absolute atomic E-state index is 0.182. The third kappa shape index (κ3) is 2.73. The van der Waals surface area contributed by atoms with Crippen molar-refractivity contribution in [2.75, 3.05) is 0 Å². The SMILES string of the molecule is CC(=O)C(C(C)=O)C(N)c1ccccc1. The number of hydrogen-bond donors (Lipinski definition) is 1. The van der Waals surface area contributed by atoms with Gasteiger partial charge in [0.1, 0.15) is 11.6 Å². The topological polar surface area (TPSA) is 60.2 Å². The summed E-state index contributed by atoms with van der Waals surface area (Å²) in [5.74, 6) is -1.09. The molecule has 0 saturated carbocycles. The molecule has 1 rings (SSSR count). The van der Waals surface area contributed by atoms with Gasteiger partial charge < -0.3 is 5.73 Å². The zero-order valence-electron chi connectivity index (χ0n) is 8.94. The average Bonchev–Trinajstić information content (AvgIpc) is 2.18. The highest BCUT2D eigenvalue weighted by Crippen LogP contribution is 2.20. The maximum Gasteiger partial charge on any atom is 0.142 e. The lowest BCUT2D eigenvalue weighted by molar-refractivity contribution is -0.131. The third-order valence-electron chi connectivity index (χ3n) is 2.42. The van der Waals surface area contributed by atoms with Gasteiger partial charge in [-0.15, -0.1) is 0 Å². The lowest BCUT2D eigenvalue weighted by Crippen LogP contribution is -2.32. The molecule has 0 saturated heterocycles. The minimum Gasteiger partial charge on any atom is -0.323 e. The van der Waals surface area contributed by atoms with Crippen LogP contribution in [0.25, 0.3) is 0 Å². The maximum atomic E-state index is 11.3. The number of rotatable bonds is 4. The van der Waals surface area contributed by atoms with Crippen molar-refractivity contribution in [3.05, 3.63) is 35.9 Å². The van der Waals surface area contributed by atoms with Gasteiger partial charge in [0, 0.05) is 6.04 Å². The van der Waals surface area contributed by atoms with Crippen LogP contribution >= 0.6 is 0 Å². The van der Waals surface area contributed by atoms with Gasteiger partial charge in [-0.2, -0.15) is 0 Å². The Bertz CT molecular complexity index is 345. The lowest BCUT2D eigenvalue weighted by atomic mass is 9.88. The quantitative estimate of drug-likeness (QED) is 0.757. The smallest absolute Gasteiger partial charge is 0.142 e. The first-order chi connectivity index (χ1) is 7.04. The Kier molecular flexibility index (Phi) is 3.74. The summed E-state index contributed by atoms with van der Waals surface area (Å²) in [6.07, 6.45) is 0. The second-order valence-corrected chi connectivity index (χ2v) is 3.64. The van der Waals surface area contributed by atoms with E-state index in [4.69, 9.17) is 5.73 Å². The molecule has 3 nitrogen and oxygen atoms in total. The molecule has 0 aromatic heterocycles. The first-order valence-corrected chi connectivity index (χ1v) is 4.85. The normalized spacial score (nSPS) is 12.5. The van der Waals surface area contributed by atoms with E-state index in [0.29, 0.717) is 0 Å². The summed E-state index contributed by atoms with van der Waals surface area (Å²) in [5.41, 5.74) is 6.71. The van der Waals surface area contributed by atoms with Gasteiger partial charge in [-0.05, 0) is 19.4 Å². The van der Waals surface area contributed by atoms with Crippen LogP contribution in [0.2, 0.25) is 0 Å². The van der Waals surface area contributed by atoms with Crippen molar-refractivity contribution in [3.8, 4) is 0 Å². The molecule has 0 spiro atoms. The molecule has 0 aliphatic heterocycles. The summed E-state index contributed by atoms with van der Waals surface area (Å²) in [6, 6.07) is 8.65. The monoisotopic (exact) mass is 205 g/mol. The van der Waals surface area contributed by atoms with Crippen molar-refractivity contribution in [2.24, 2.45) is 11.7 Å². The molecule has 0 fully saturated rings. The molecule has 0 amide bonds. The van der Waals surface area contributed by atoms with Crippen molar-refractivity contribution in [1.82, 2.24) is 0 Å². The Hall–Kier alpha value is -1.48. The van der Waals surface area contributed by atoms with Gasteiger partial charge in [-0.25, -0.2) is 0 Å². The molecule has 1 aromatic rings. The third-order valence-corrected chi connectivity index (χ3v) is 2.42. The fraction of sp³-hybridized carbons (Fsp3) is 0.333. The van der Waals surface area contributed by atoms with E-state index in [1.807, 2.05) is 30.3 Å². The van der Waals surface area contributed by atoms with Crippen LogP contribution in [-0.2, 0) is 9.59 Å². The van der Waals surface area contributed by atoms with Crippen molar-refractivity contribution >= 4 is 11.6 Å². The lowest BCUT2D eigenvalue weighted by Gasteiger charge is -2.19. The number of carbonyl (C=O) groups is 2. The Morgan fingerprint density at radius 3 is 1.93 bits per heavy atom. The highest BCUT2D eigenvalue weighted by atomic mass is 16.1. The van der Waals surface area contributed by atoms with Gasteiger partial charge >= 0.3 is 0 Å². The van der Waals surface area contributed by atoms with E-state index in [1.165, 1.54) is 13.8 Å². The van der Waals surface area contributed by atoms with Gasteiger partial charge in [0.2, 0.25) is 0 Å². The predicted molar refractivity (Wildman–Crippen MR) is 58.2 cm³/mol. The van der Waals surface area contributed by atoms with Gasteiger partial charge in [-0.3, -0.25) is 9.59 Å². The summed E-state index contributed by atoms with van der Waals surface area (Å²) < 4.78 is 0. The molecule has 0 heterocycles. The van der Waals surface area contributed by atoms with Gasteiger partial charge in [0.25, 0.3) is 0 Å².